The molecule has 10 atom stereocenters. The fourth-order valence-corrected chi connectivity index (χ4v) is 11.0. The van der Waals surface area contributed by atoms with Gasteiger partial charge in [-0.25, -0.2) is 0 Å². The molecule has 506 valence electrons. The molecule has 2 heterocycles. The number of hydrogen-bond acceptors (Lipinski definition) is 11. The van der Waals surface area contributed by atoms with Crippen LogP contribution in [0.3, 0.4) is 0 Å². The van der Waals surface area contributed by atoms with Gasteiger partial charge in [0.1, 0.15) is 53.9 Å². The molecule has 2 aliphatic heterocycles. The van der Waals surface area contributed by atoms with E-state index in [9.17, 15) is 65.9 Å². The maximum absolute atomic E-state index is 15.0. The Balaban J connectivity index is 1.84. The molecular weight excluding hydrogens is 1200 g/mol. The van der Waals surface area contributed by atoms with E-state index in [4.69, 9.17) is 11.6 Å². The third-order valence-corrected chi connectivity index (χ3v) is 18.3. The average Bonchev–Trinajstić information content (AvgIpc) is 0.859. The SMILES string of the molecule is CC[C@H](C)[C@@H]1NC(=O)[C@H](C)N(C)C(=O)C[C@@H](C)N(C)C(=O)[C@H](CC(C)C)NC(=O)C(C)(C)N(C)C(=O)[C@H](CC(C)C)NC(=O)[C@H](CCc2ccc(C(F)(F)F)c(Cl)c2)NC(=O)[C@@H](C)N(C)C(=O)[C@H](Cc2ccc(C)cc2)N(C)C(=O)[C@@H]2CCN2C(=O)CN(C)C1=O. The fraction of sp³-hybridized carbons (Fsp3) is 0.646. The van der Waals surface area contributed by atoms with E-state index in [2.05, 4.69) is 21.3 Å². The summed E-state index contributed by atoms with van der Waals surface area (Å²) in [6, 6.07) is -0.472. The maximum atomic E-state index is 15.0. The minimum atomic E-state index is -4.77. The van der Waals surface area contributed by atoms with Crippen LogP contribution in [0.4, 0.5) is 13.2 Å². The molecule has 26 heteroatoms. The number of halogens is 4. The summed E-state index contributed by atoms with van der Waals surface area (Å²) in [4.78, 5) is 168. The van der Waals surface area contributed by atoms with Gasteiger partial charge in [-0.2, -0.15) is 13.2 Å². The molecule has 11 amide bonds. The van der Waals surface area contributed by atoms with Gasteiger partial charge in [-0.3, -0.25) is 52.7 Å². The lowest BCUT2D eigenvalue weighted by Crippen LogP contribution is -2.64. The largest absolute Gasteiger partial charge is 0.417 e. The summed E-state index contributed by atoms with van der Waals surface area (Å²) < 4.78 is 41.4. The first-order valence-electron chi connectivity index (χ1n) is 31.2. The van der Waals surface area contributed by atoms with Crippen molar-refractivity contribution < 1.29 is 65.9 Å². The fourth-order valence-electron chi connectivity index (χ4n) is 10.7. The van der Waals surface area contributed by atoms with Crippen LogP contribution >= 0.6 is 11.6 Å². The molecule has 4 rings (SSSR count). The van der Waals surface area contributed by atoms with Crippen LogP contribution in [-0.4, -0.2) is 215 Å². The molecule has 2 saturated heterocycles. The number of hydrogen-bond donors (Lipinski definition) is 4. The zero-order chi connectivity index (χ0) is 69.1. The Labute approximate surface area is 539 Å². The number of carbonyl (C=O) groups is 11. The van der Waals surface area contributed by atoms with Crippen molar-refractivity contribution in [2.24, 2.45) is 17.8 Å². The highest BCUT2D eigenvalue weighted by Crippen LogP contribution is 2.35. The molecule has 22 nitrogen and oxygen atoms in total. The quantitative estimate of drug-likeness (QED) is 0.233. The summed E-state index contributed by atoms with van der Waals surface area (Å²) in [5.41, 5.74) is -0.964. The molecule has 0 aromatic heterocycles. The summed E-state index contributed by atoms with van der Waals surface area (Å²) in [5, 5.41) is 10.5. The Kier molecular flexibility index (Phi) is 27.0. The minimum absolute atomic E-state index is 0.0145. The Morgan fingerprint density at radius 3 is 1.69 bits per heavy atom. The number of aryl methyl sites for hydroxylation is 2. The van der Waals surface area contributed by atoms with Crippen LogP contribution in [0.25, 0.3) is 0 Å². The van der Waals surface area contributed by atoms with Gasteiger partial charge in [0.15, 0.2) is 0 Å². The number of carbonyl (C=O) groups excluding carboxylic acids is 11. The van der Waals surface area contributed by atoms with Crippen LogP contribution in [-0.2, 0) is 71.8 Å². The maximum Gasteiger partial charge on any atom is 0.417 e. The van der Waals surface area contributed by atoms with Gasteiger partial charge in [0, 0.05) is 67.7 Å². The Morgan fingerprint density at radius 2 is 1.16 bits per heavy atom. The number of rotatable bonds is 11. The minimum Gasteiger partial charge on any atom is -0.343 e. The van der Waals surface area contributed by atoms with Crippen molar-refractivity contribution in [2.75, 3.05) is 55.4 Å². The third kappa shape index (κ3) is 19.6. The Bertz CT molecular complexity index is 2980. The monoisotopic (exact) mass is 1300 g/mol. The lowest BCUT2D eigenvalue weighted by atomic mass is 9.95. The molecule has 0 radical (unpaired) electrons. The van der Waals surface area contributed by atoms with Crippen LogP contribution in [0.15, 0.2) is 42.5 Å². The first-order chi connectivity index (χ1) is 42.2. The first-order valence-corrected chi connectivity index (χ1v) is 31.5. The molecule has 2 fully saturated rings. The summed E-state index contributed by atoms with van der Waals surface area (Å²) in [6.07, 6.45) is -4.66. The average molecular weight is 1300 g/mol. The number of fused-ring (bicyclic) bond motifs is 1. The van der Waals surface area contributed by atoms with E-state index in [1.165, 1.54) is 95.6 Å². The van der Waals surface area contributed by atoms with Crippen molar-refractivity contribution >= 4 is 76.6 Å². The van der Waals surface area contributed by atoms with Crippen molar-refractivity contribution in [3.05, 3.63) is 69.7 Å². The van der Waals surface area contributed by atoms with Crippen molar-refractivity contribution in [3.63, 3.8) is 0 Å². The predicted octanol–water partition coefficient (Wildman–Crippen LogP) is 4.99. The van der Waals surface area contributed by atoms with Crippen LogP contribution in [0.2, 0.25) is 5.02 Å². The first kappa shape index (κ1) is 76.1. The van der Waals surface area contributed by atoms with E-state index >= 15 is 0 Å². The molecule has 0 spiro atoms. The van der Waals surface area contributed by atoms with Crippen molar-refractivity contribution in [3.8, 4) is 0 Å². The van der Waals surface area contributed by atoms with E-state index in [1.807, 2.05) is 39.8 Å². The van der Waals surface area contributed by atoms with Gasteiger partial charge in [0.05, 0.1) is 17.1 Å². The van der Waals surface area contributed by atoms with E-state index in [-0.39, 0.29) is 68.9 Å². The predicted molar refractivity (Wildman–Crippen MR) is 338 cm³/mol. The molecule has 0 saturated carbocycles. The molecule has 91 heavy (non-hydrogen) atoms. The van der Waals surface area contributed by atoms with Gasteiger partial charge < -0.3 is 55.6 Å². The topological polar surface area (TPSA) is 259 Å². The van der Waals surface area contributed by atoms with Crippen molar-refractivity contribution in [1.29, 1.82) is 0 Å². The van der Waals surface area contributed by atoms with E-state index in [0.717, 1.165) is 32.4 Å². The number of likely N-dealkylation sites (N-methyl/N-ethyl adjacent to an activating group) is 6. The second-order valence-electron chi connectivity index (χ2n) is 26.1. The van der Waals surface area contributed by atoms with E-state index in [1.54, 1.807) is 39.8 Å². The molecule has 0 unspecified atom stereocenters. The number of nitrogens with zero attached hydrogens (tertiary/aromatic N) is 7. The van der Waals surface area contributed by atoms with Crippen LogP contribution in [0.1, 0.15) is 137 Å². The molecule has 0 aliphatic carbocycles. The van der Waals surface area contributed by atoms with Gasteiger partial charge >= 0.3 is 6.18 Å². The summed E-state index contributed by atoms with van der Waals surface area (Å²) >= 11 is 6.11. The van der Waals surface area contributed by atoms with E-state index in [0.29, 0.717) is 12.0 Å². The van der Waals surface area contributed by atoms with Crippen LogP contribution < -0.4 is 21.3 Å². The summed E-state index contributed by atoms with van der Waals surface area (Å²) in [7, 11) is 8.39. The molecular formula is C65H97ClF3N11O11. The smallest absolute Gasteiger partial charge is 0.343 e. The highest BCUT2D eigenvalue weighted by atomic mass is 35.5. The zero-order valence-electron chi connectivity index (χ0n) is 56.2. The second-order valence-corrected chi connectivity index (χ2v) is 26.5. The number of nitrogens with one attached hydrogen (secondary N) is 4. The third-order valence-electron chi connectivity index (χ3n) is 18.0. The normalized spacial score (nSPS) is 25.7. The van der Waals surface area contributed by atoms with E-state index < -0.39 is 154 Å². The Hall–Kier alpha value is -7.31. The molecule has 2 aliphatic rings. The highest BCUT2D eigenvalue weighted by molar-refractivity contribution is 6.31. The zero-order valence-corrected chi connectivity index (χ0v) is 56.9. The van der Waals surface area contributed by atoms with Crippen molar-refractivity contribution in [1.82, 2.24) is 55.6 Å². The van der Waals surface area contributed by atoms with Crippen molar-refractivity contribution in [2.45, 2.75) is 201 Å². The molecule has 0 bridgehead atoms. The molecule has 2 aromatic rings. The number of alkyl halides is 3. The van der Waals surface area contributed by atoms with Gasteiger partial charge in [-0.15, -0.1) is 0 Å². The standard InChI is InChI=1S/C65H97ClF3N11O11/c1-19-39(7)54-62(90)74(13)35-53(82)80-29-28-50(80)60(88)78(17)51(34-44-22-20-38(6)21-23-44)61(89)77(16)42(10)55(83)70-47(27-25-43-24-26-45(46(66)33-43)65(67,68)69)57(85)71-49(31-37(4)5)59(87)79(18)64(11,12)63(91)72-48(30-36(2)3)58(86)75(14)40(8)32-52(81)76(15)41(9)56(84)73-54/h20-24,26,33,36-37,39-42,47-51,54H,19,25,27-32,34-35H2,1-18H3,(H,70,83)(H,71,85)(H,72,91)(H,73,84)/t39-,40+,41-,42+,47-,48-,49-,50-,51-,54-/m0/s1. The number of amides is 11. The van der Waals surface area contributed by atoms with Gasteiger partial charge in [0.25, 0.3) is 0 Å². The number of benzene rings is 2. The lowest BCUT2D eigenvalue weighted by Gasteiger charge is -2.44. The lowest BCUT2D eigenvalue weighted by molar-refractivity contribution is -0.158. The van der Waals surface area contributed by atoms with Crippen LogP contribution in [0.5, 0.6) is 0 Å². The second kappa shape index (κ2) is 32.3. The molecule has 2 aromatic carbocycles. The highest BCUT2D eigenvalue weighted by Gasteiger charge is 2.46. The summed E-state index contributed by atoms with van der Waals surface area (Å²) in [5.74, 6) is -8.35. The van der Waals surface area contributed by atoms with Gasteiger partial charge in [0.2, 0.25) is 65.0 Å². The molecule has 4 N–H and O–H groups in total. The van der Waals surface area contributed by atoms with Gasteiger partial charge in [-0.1, -0.05) is 95.5 Å². The summed E-state index contributed by atoms with van der Waals surface area (Å²) in [6.45, 7) is 19.8. The van der Waals surface area contributed by atoms with Gasteiger partial charge in [-0.05, 0) is 115 Å². The Morgan fingerprint density at radius 1 is 0.626 bits per heavy atom. The van der Waals surface area contributed by atoms with Crippen LogP contribution in [0, 0.1) is 24.7 Å².